The lowest BCUT2D eigenvalue weighted by molar-refractivity contribution is 0.281. The van der Waals surface area contributed by atoms with E-state index in [2.05, 4.69) is 0 Å². The first-order valence-electron chi connectivity index (χ1n) is 3.21. The molecule has 60 valence electrons. The Hall–Kier alpha value is -0.600. The summed E-state index contributed by atoms with van der Waals surface area (Å²) in [7, 11) is 0. The van der Waals surface area contributed by atoms with Crippen LogP contribution in [0.15, 0.2) is 12.1 Å². The summed E-state index contributed by atoms with van der Waals surface area (Å²) in [5.74, 6) is -0.446. The molecule has 0 aliphatic heterocycles. The van der Waals surface area contributed by atoms with Gasteiger partial charge < -0.3 is 5.11 Å². The summed E-state index contributed by atoms with van der Waals surface area (Å²) in [6.45, 7) is 1.40. The number of aryl methyl sites for hydroxylation is 1. The zero-order valence-electron chi connectivity index (χ0n) is 6.06. The average Bonchev–Trinajstić information content (AvgIpc) is 2.01. The molecule has 0 saturated heterocycles. The SMILES string of the molecule is Cc1ccc(CO)c(Cl)c1F. The molecule has 0 radical (unpaired) electrons. The van der Waals surface area contributed by atoms with Crippen LogP contribution in [0.5, 0.6) is 0 Å². The van der Waals surface area contributed by atoms with Crippen molar-refractivity contribution >= 4 is 11.6 Å². The summed E-state index contributed by atoms with van der Waals surface area (Å²) in [6, 6.07) is 3.20. The highest BCUT2D eigenvalue weighted by atomic mass is 35.5. The fraction of sp³-hybridized carbons (Fsp3) is 0.250. The lowest BCUT2D eigenvalue weighted by atomic mass is 10.1. The van der Waals surface area contributed by atoms with Gasteiger partial charge in [-0.05, 0) is 18.1 Å². The Morgan fingerprint density at radius 1 is 1.55 bits per heavy atom. The van der Waals surface area contributed by atoms with Crippen LogP contribution in [0.1, 0.15) is 11.1 Å². The predicted molar refractivity (Wildman–Crippen MR) is 42.1 cm³/mol. The van der Waals surface area contributed by atoms with Gasteiger partial charge in [-0.15, -0.1) is 0 Å². The molecule has 0 saturated carbocycles. The third kappa shape index (κ3) is 1.52. The van der Waals surface area contributed by atoms with E-state index in [1.165, 1.54) is 0 Å². The first kappa shape index (κ1) is 8.50. The minimum absolute atomic E-state index is 0.0208. The molecule has 3 heteroatoms. The van der Waals surface area contributed by atoms with Gasteiger partial charge in [0, 0.05) is 0 Å². The van der Waals surface area contributed by atoms with E-state index in [1.807, 2.05) is 0 Å². The Labute approximate surface area is 69.4 Å². The number of aliphatic hydroxyl groups is 1. The van der Waals surface area contributed by atoms with Crippen molar-refractivity contribution in [3.8, 4) is 0 Å². The summed E-state index contributed by atoms with van der Waals surface area (Å²) in [6.07, 6.45) is 0. The molecule has 0 aromatic heterocycles. The number of aliphatic hydroxyl groups excluding tert-OH is 1. The van der Waals surface area contributed by atoms with Crippen LogP contribution >= 0.6 is 11.6 Å². The van der Waals surface area contributed by atoms with E-state index in [4.69, 9.17) is 16.7 Å². The van der Waals surface area contributed by atoms with Gasteiger partial charge in [0.25, 0.3) is 0 Å². The van der Waals surface area contributed by atoms with Gasteiger partial charge in [0.1, 0.15) is 5.82 Å². The Kier molecular flexibility index (Phi) is 2.47. The summed E-state index contributed by atoms with van der Waals surface area (Å²) in [5, 5.41) is 8.70. The molecule has 0 heterocycles. The van der Waals surface area contributed by atoms with E-state index in [0.717, 1.165) is 0 Å². The smallest absolute Gasteiger partial charge is 0.145 e. The molecule has 0 atom stereocenters. The number of rotatable bonds is 1. The van der Waals surface area contributed by atoms with Gasteiger partial charge in [0.15, 0.2) is 0 Å². The molecular weight excluding hydrogens is 167 g/mol. The number of halogens is 2. The summed E-state index contributed by atoms with van der Waals surface area (Å²) < 4.78 is 12.9. The third-order valence-corrected chi connectivity index (χ3v) is 1.93. The first-order chi connectivity index (χ1) is 5.16. The maximum atomic E-state index is 12.9. The minimum atomic E-state index is -0.446. The van der Waals surface area contributed by atoms with Crippen molar-refractivity contribution in [3.63, 3.8) is 0 Å². The zero-order chi connectivity index (χ0) is 8.43. The Bertz CT molecular complexity index is 273. The maximum absolute atomic E-state index is 12.9. The molecule has 1 aromatic carbocycles. The fourth-order valence-corrected chi connectivity index (χ4v) is 1.08. The molecule has 1 nitrogen and oxygen atoms in total. The van der Waals surface area contributed by atoms with E-state index in [0.29, 0.717) is 11.1 Å². The summed E-state index contributed by atoms with van der Waals surface area (Å²) >= 11 is 5.56. The van der Waals surface area contributed by atoms with Crippen molar-refractivity contribution in [1.82, 2.24) is 0 Å². The molecule has 0 amide bonds. The van der Waals surface area contributed by atoms with Crippen molar-refractivity contribution in [2.45, 2.75) is 13.5 Å². The molecule has 0 fully saturated rings. The number of hydrogen-bond acceptors (Lipinski definition) is 1. The molecule has 1 rings (SSSR count). The monoisotopic (exact) mass is 174 g/mol. The van der Waals surface area contributed by atoms with Crippen LogP contribution in [0.3, 0.4) is 0 Å². The van der Waals surface area contributed by atoms with Gasteiger partial charge in [-0.3, -0.25) is 0 Å². The first-order valence-corrected chi connectivity index (χ1v) is 3.59. The Balaban J connectivity index is 3.25. The van der Waals surface area contributed by atoms with Crippen LogP contribution in [0.25, 0.3) is 0 Å². The second-order valence-corrected chi connectivity index (χ2v) is 2.71. The molecule has 0 aliphatic carbocycles. The molecule has 1 N–H and O–H groups in total. The highest BCUT2D eigenvalue weighted by molar-refractivity contribution is 6.31. The van der Waals surface area contributed by atoms with E-state index in [-0.39, 0.29) is 11.6 Å². The van der Waals surface area contributed by atoms with Crippen molar-refractivity contribution in [1.29, 1.82) is 0 Å². The number of benzene rings is 1. The van der Waals surface area contributed by atoms with Gasteiger partial charge in [0.05, 0.1) is 11.6 Å². The van der Waals surface area contributed by atoms with Crippen molar-refractivity contribution < 1.29 is 9.50 Å². The van der Waals surface area contributed by atoms with Gasteiger partial charge >= 0.3 is 0 Å². The van der Waals surface area contributed by atoms with Gasteiger partial charge in [-0.2, -0.15) is 0 Å². The topological polar surface area (TPSA) is 20.2 Å². The fourth-order valence-electron chi connectivity index (χ4n) is 0.808. The van der Waals surface area contributed by atoms with E-state index >= 15 is 0 Å². The quantitative estimate of drug-likeness (QED) is 0.693. The van der Waals surface area contributed by atoms with E-state index < -0.39 is 5.82 Å². The third-order valence-electron chi connectivity index (χ3n) is 1.53. The largest absolute Gasteiger partial charge is 0.392 e. The minimum Gasteiger partial charge on any atom is -0.392 e. The van der Waals surface area contributed by atoms with Crippen LogP contribution in [-0.2, 0) is 6.61 Å². The van der Waals surface area contributed by atoms with Crippen LogP contribution in [0.4, 0.5) is 4.39 Å². The van der Waals surface area contributed by atoms with Crippen LogP contribution in [0, 0.1) is 12.7 Å². The van der Waals surface area contributed by atoms with Crippen LogP contribution in [-0.4, -0.2) is 5.11 Å². The molecular formula is C8H8ClFO. The Morgan fingerprint density at radius 3 is 2.73 bits per heavy atom. The van der Waals surface area contributed by atoms with Gasteiger partial charge in [-0.25, -0.2) is 4.39 Å². The Morgan fingerprint density at radius 2 is 2.18 bits per heavy atom. The molecule has 1 aromatic rings. The lowest BCUT2D eigenvalue weighted by Gasteiger charge is -2.02. The van der Waals surface area contributed by atoms with Crippen LogP contribution in [0.2, 0.25) is 5.02 Å². The van der Waals surface area contributed by atoms with Crippen LogP contribution < -0.4 is 0 Å². The summed E-state index contributed by atoms with van der Waals surface area (Å²) in [5.41, 5.74) is 0.918. The molecule has 0 aliphatic rings. The maximum Gasteiger partial charge on any atom is 0.145 e. The zero-order valence-corrected chi connectivity index (χ0v) is 6.82. The van der Waals surface area contributed by atoms with Crippen molar-refractivity contribution in [3.05, 3.63) is 34.1 Å². The van der Waals surface area contributed by atoms with Crippen molar-refractivity contribution in [2.24, 2.45) is 0 Å². The molecule has 0 bridgehead atoms. The van der Waals surface area contributed by atoms with E-state index in [1.54, 1.807) is 19.1 Å². The second-order valence-electron chi connectivity index (χ2n) is 2.33. The number of hydrogen-bond donors (Lipinski definition) is 1. The van der Waals surface area contributed by atoms with E-state index in [9.17, 15) is 4.39 Å². The predicted octanol–water partition coefficient (Wildman–Crippen LogP) is 2.28. The second kappa shape index (κ2) is 3.20. The normalized spacial score (nSPS) is 10.2. The molecule has 11 heavy (non-hydrogen) atoms. The van der Waals surface area contributed by atoms with Gasteiger partial charge in [-0.1, -0.05) is 23.7 Å². The molecule has 0 spiro atoms. The highest BCUT2D eigenvalue weighted by Crippen LogP contribution is 2.22. The van der Waals surface area contributed by atoms with Gasteiger partial charge in [0.2, 0.25) is 0 Å². The molecule has 0 unspecified atom stereocenters. The van der Waals surface area contributed by atoms with Crippen molar-refractivity contribution in [2.75, 3.05) is 0 Å². The average molecular weight is 175 g/mol. The summed E-state index contributed by atoms with van der Waals surface area (Å²) in [4.78, 5) is 0. The highest BCUT2D eigenvalue weighted by Gasteiger charge is 2.06. The standard InChI is InChI=1S/C8H8ClFO/c1-5-2-3-6(4-11)7(9)8(5)10/h2-3,11H,4H2,1H3. The lowest BCUT2D eigenvalue weighted by Crippen LogP contribution is -1.90.